The Morgan fingerprint density at radius 2 is 2.12 bits per heavy atom. The number of aliphatic hydroxyl groups excluding tert-OH is 1. The number of ether oxygens (including phenoxy) is 1. The van der Waals surface area contributed by atoms with Crippen molar-refractivity contribution in [1.82, 2.24) is 10.6 Å². The van der Waals surface area contributed by atoms with Gasteiger partial charge in [0.1, 0.15) is 5.75 Å². The molecule has 5 heteroatoms. The van der Waals surface area contributed by atoms with Crippen molar-refractivity contribution in [3.8, 4) is 5.75 Å². The lowest BCUT2D eigenvalue weighted by Crippen LogP contribution is -2.36. The third kappa shape index (κ3) is 5.01. The van der Waals surface area contributed by atoms with Gasteiger partial charge in [-0.15, -0.1) is 0 Å². The lowest BCUT2D eigenvalue weighted by molar-refractivity contribution is 0.300. The van der Waals surface area contributed by atoms with Crippen LogP contribution >= 0.6 is 12.2 Å². The topological polar surface area (TPSA) is 53.5 Å². The smallest absolute Gasteiger partial charge is 0.166 e. The van der Waals surface area contributed by atoms with E-state index in [1.54, 1.807) is 0 Å². The molecular formula is C12H18N2O2S. The Kier molecular flexibility index (Phi) is 6.35. The first-order valence-electron chi connectivity index (χ1n) is 5.61. The molecular weight excluding hydrogens is 236 g/mol. The van der Waals surface area contributed by atoms with Gasteiger partial charge in [-0.3, -0.25) is 0 Å². The summed E-state index contributed by atoms with van der Waals surface area (Å²) >= 11 is 5.05. The van der Waals surface area contributed by atoms with E-state index < -0.39 is 0 Å². The van der Waals surface area contributed by atoms with Crippen LogP contribution in [-0.4, -0.2) is 30.0 Å². The molecule has 0 atom stereocenters. The van der Waals surface area contributed by atoms with E-state index in [0.29, 0.717) is 24.8 Å². The average Bonchev–Trinajstić information content (AvgIpc) is 2.35. The van der Waals surface area contributed by atoms with Gasteiger partial charge < -0.3 is 20.5 Å². The van der Waals surface area contributed by atoms with E-state index in [4.69, 9.17) is 22.1 Å². The van der Waals surface area contributed by atoms with Crippen LogP contribution in [0.15, 0.2) is 24.3 Å². The van der Waals surface area contributed by atoms with Gasteiger partial charge in [-0.05, 0) is 25.2 Å². The molecule has 0 unspecified atom stereocenters. The zero-order valence-corrected chi connectivity index (χ0v) is 10.7. The summed E-state index contributed by atoms with van der Waals surface area (Å²) in [4.78, 5) is 0. The van der Waals surface area contributed by atoms with Crippen molar-refractivity contribution in [2.75, 3.05) is 19.8 Å². The molecule has 0 spiro atoms. The Labute approximate surface area is 107 Å². The van der Waals surface area contributed by atoms with E-state index in [-0.39, 0.29) is 6.61 Å². The molecule has 1 rings (SSSR count). The molecule has 0 fully saturated rings. The standard InChI is InChI=1S/C12H18N2O2S/c1-2-16-11-6-4-3-5-10(11)9-14-12(17)13-7-8-15/h3-6,15H,2,7-9H2,1H3,(H2,13,14,17). The van der Waals surface area contributed by atoms with E-state index in [9.17, 15) is 0 Å². The Morgan fingerprint density at radius 3 is 2.82 bits per heavy atom. The van der Waals surface area contributed by atoms with Crippen LogP contribution in [0.3, 0.4) is 0 Å². The number of aliphatic hydroxyl groups is 1. The maximum absolute atomic E-state index is 8.64. The highest BCUT2D eigenvalue weighted by Crippen LogP contribution is 2.17. The fourth-order valence-corrected chi connectivity index (χ4v) is 1.53. The average molecular weight is 254 g/mol. The zero-order valence-electron chi connectivity index (χ0n) is 9.90. The Morgan fingerprint density at radius 1 is 1.35 bits per heavy atom. The fourth-order valence-electron chi connectivity index (χ4n) is 1.35. The van der Waals surface area contributed by atoms with Gasteiger partial charge in [0.15, 0.2) is 5.11 Å². The van der Waals surface area contributed by atoms with Gasteiger partial charge in [-0.1, -0.05) is 18.2 Å². The first-order chi connectivity index (χ1) is 8.27. The second-order valence-corrected chi connectivity index (χ2v) is 3.78. The minimum Gasteiger partial charge on any atom is -0.494 e. The van der Waals surface area contributed by atoms with E-state index in [2.05, 4.69) is 10.6 Å². The molecule has 0 saturated heterocycles. The molecule has 0 aliphatic carbocycles. The highest BCUT2D eigenvalue weighted by Gasteiger charge is 2.02. The maximum Gasteiger partial charge on any atom is 0.166 e. The summed E-state index contributed by atoms with van der Waals surface area (Å²) < 4.78 is 5.51. The van der Waals surface area contributed by atoms with Crippen molar-refractivity contribution < 1.29 is 9.84 Å². The molecule has 0 aliphatic heterocycles. The molecule has 3 N–H and O–H groups in total. The SMILES string of the molecule is CCOc1ccccc1CNC(=S)NCCO. The molecule has 1 aromatic rings. The van der Waals surface area contributed by atoms with Gasteiger partial charge >= 0.3 is 0 Å². The molecule has 0 amide bonds. The van der Waals surface area contributed by atoms with E-state index >= 15 is 0 Å². The van der Waals surface area contributed by atoms with Gasteiger partial charge in [0.05, 0.1) is 13.2 Å². The lowest BCUT2D eigenvalue weighted by Gasteiger charge is -2.12. The van der Waals surface area contributed by atoms with Gasteiger partial charge in [-0.2, -0.15) is 0 Å². The Hall–Kier alpha value is -1.33. The highest BCUT2D eigenvalue weighted by atomic mass is 32.1. The fraction of sp³-hybridized carbons (Fsp3) is 0.417. The molecule has 1 aromatic carbocycles. The monoisotopic (exact) mass is 254 g/mol. The number of benzene rings is 1. The molecule has 4 nitrogen and oxygen atoms in total. The molecule has 0 heterocycles. The molecule has 0 radical (unpaired) electrons. The third-order valence-corrected chi connectivity index (χ3v) is 2.40. The molecule has 17 heavy (non-hydrogen) atoms. The van der Waals surface area contributed by atoms with E-state index in [0.717, 1.165) is 11.3 Å². The predicted octanol–water partition coefficient (Wildman–Crippen LogP) is 1.04. The quantitative estimate of drug-likeness (QED) is 0.662. The predicted molar refractivity (Wildman–Crippen MR) is 72.1 cm³/mol. The highest BCUT2D eigenvalue weighted by molar-refractivity contribution is 7.80. The molecule has 94 valence electrons. The van der Waals surface area contributed by atoms with Gasteiger partial charge in [0.25, 0.3) is 0 Å². The van der Waals surface area contributed by atoms with Crippen LogP contribution in [0.25, 0.3) is 0 Å². The van der Waals surface area contributed by atoms with Crippen LogP contribution in [0, 0.1) is 0 Å². The van der Waals surface area contributed by atoms with Crippen molar-refractivity contribution >= 4 is 17.3 Å². The number of thiocarbonyl (C=S) groups is 1. The Bertz CT molecular complexity index is 358. The number of hydrogen-bond donors (Lipinski definition) is 3. The van der Waals surface area contributed by atoms with Crippen LogP contribution in [0.4, 0.5) is 0 Å². The molecule has 0 aliphatic rings. The van der Waals surface area contributed by atoms with Gasteiger partial charge in [-0.25, -0.2) is 0 Å². The summed E-state index contributed by atoms with van der Waals surface area (Å²) in [5.41, 5.74) is 1.06. The summed E-state index contributed by atoms with van der Waals surface area (Å²) in [6.07, 6.45) is 0. The number of para-hydroxylation sites is 1. The van der Waals surface area contributed by atoms with Crippen LogP contribution in [-0.2, 0) is 6.54 Å². The van der Waals surface area contributed by atoms with Gasteiger partial charge in [0.2, 0.25) is 0 Å². The summed E-state index contributed by atoms with van der Waals surface area (Å²) in [7, 11) is 0. The molecule has 0 aromatic heterocycles. The lowest BCUT2D eigenvalue weighted by atomic mass is 10.2. The summed E-state index contributed by atoms with van der Waals surface area (Å²) in [6, 6.07) is 7.83. The summed E-state index contributed by atoms with van der Waals surface area (Å²) in [5, 5.41) is 15.1. The molecule has 0 bridgehead atoms. The molecule has 0 saturated carbocycles. The maximum atomic E-state index is 8.64. The second-order valence-electron chi connectivity index (χ2n) is 3.37. The summed E-state index contributed by atoms with van der Waals surface area (Å²) in [5.74, 6) is 0.868. The second kappa shape index (κ2) is 7.86. The number of rotatable bonds is 6. The van der Waals surface area contributed by atoms with Gasteiger partial charge in [0, 0.05) is 18.7 Å². The van der Waals surface area contributed by atoms with Crippen LogP contribution in [0.5, 0.6) is 5.75 Å². The Balaban J connectivity index is 2.47. The first kappa shape index (κ1) is 13.7. The van der Waals surface area contributed by atoms with E-state index in [1.807, 2.05) is 31.2 Å². The van der Waals surface area contributed by atoms with Crippen molar-refractivity contribution in [3.05, 3.63) is 29.8 Å². The number of nitrogens with one attached hydrogen (secondary N) is 2. The van der Waals surface area contributed by atoms with Crippen LogP contribution in [0.1, 0.15) is 12.5 Å². The van der Waals surface area contributed by atoms with Crippen molar-refractivity contribution in [1.29, 1.82) is 0 Å². The third-order valence-electron chi connectivity index (χ3n) is 2.11. The van der Waals surface area contributed by atoms with Crippen molar-refractivity contribution in [3.63, 3.8) is 0 Å². The van der Waals surface area contributed by atoms with E-state index in [1.165, 1.54) is 0 Å². The van der Waals surface area contributed by atoms with Crippen LogP contribution < -0.4 is 15.4 Å². The summed E-state index contributed by atoms with van der Waals surface area (Å²) in [6.45, 7) is 3.73. The first-order valence-corrected chi connectivity index (χ1v) is 6.02. The zero-order chi connectivity index (χ0) is 12.5. The van der Waals surface area contributed by atoms with Crippen molar-refractivity contribution in [2.45, 2.75) is 13.5 Å². The van der Waals surface area contributed by atoms with Crippen LogP contribution in [0.2, 0.25) is 0 Å². The van der Waals surface area contributed by atoms with Crippen molar-refractivity contribution in [2.24, 2.45) is 0 Å². The largest absolute Gasteiger partial charge is 0.494 e. The minimum absolute atomic E-state index is 0.0668. The minimum atomic E-state index is 0.0668. The normalized spacial score (nSPS) is 9.76. The number of hydrogen-bond acceptors (Lipinski definition) is 3.